The van der Waals surface area contributed by atoms with Crippen LogP contribution in [0.3, 0.4) is 0 Å². The van der Waals surface area contributed by atoms with Crippen molar-refractivity contribution >= 4 is 11.4 Å². The Labute approximate surface area is 123 Å². The molecule has 0 amide bonds. The second kappa shape index (κ2) is 6.26. The van der Waals surface area contributed by atoms with E-state index in [1.54, 1.807) is 25.2 Å². The Morgan fingerprint density at radius 2 is 1.76 bits per heavy atom. The van der Waals surface area contributed by atoms with E-state index in [0.29, 0.717) is 11.4 Å². The monoisotopic (exact) mass is 286 g/mol. The lowest BCUT2D eigenvalue weighted by Gasteiger charge is -2.14. The number of nitrogens with zero attached hydrogens (tertiary/aromatic N) is 1. The number of nitrogens with one attached hydrogen (secondary N) is 1. The molecular weight excluding hydrogens is 268 g/mol. The molecule has 0 radical (unpaired) electrons. The summed E-state index contributed by atoms with van der Waals surface area (Å²) in [5.74, 6) is 1.15. The maximum absolute atomic E-state index is 11.3. The molecule has 0 aliphatic carbocycles. The Balaban J connectivity index is 2.48. The average molecular weight is 286 g/mol. The van der Waals surface area contributed by atoms with E-state index in [1.165, 1.54) is 0 Å². The highest BCUT2D eigenvalue weighted by atomic mass is 16.6. The van der Waals surface area contributed by atoms with E-state index in [2.05, 4.69) is 19.2 Å². The number of rotatable bonds is 5. The van der Waals surface area contributed by atoms with E-state index in [-0.39, 0.29) is 17.4 Å². The van der Waals surface area contributed by atoms with Gasteiger partial charge in [-0.1, -0.05) is 38.1 Å². The number of nitro groups is 1. The zero-order chi connectivity index (χ0) is 15.4. The van der Waals surface area contributed by atoms with Crippen LogP contribution in [0.1, 0.15) is 25.3 Å². The molecule has 0 fully saturated rings. The van der Waals surface area contributed by atoms with E-state index in [9.17, 15) is 10.1 Å². The molecule has 0 unspecified atom stereocenters. The third-order valence-corrected chi connectivity index (χ3v) is 3.21. The number of ether oxygens (including phenoxy) is 1. The molecule has 5 nitrogen and oxygen atoms in total. The zero-order valence-corrected chi connectivity index (χ0v) is 12.3. The van der Waals surface area contributed by atoms with Gasteiger partial charge in [0.1, 0.15) is 11.4 Å². The molecule has 0 aliphatic rings. The molecule has 0 heterocycles. The lowest BCUT2D eigenvalue weighted by Crippen LogP contribution is -2.00. The van der Waals surface area contributed by atoms with Crippen LogP contribution >= 0.6 is 0 Å². The highest BCUT2D eigenvalue weighted by molar-refractivity contribution is 5.68. The molecule has 2 aromatic carbocycles. The van der Waals surface area contributed by atoms with Crippen molar-refractivity contribution in [3.63, 3.8) is 0 Å². The molecule has 0 saturated heterocycles. The molecule has 0 saturated carbocycles. The van der Waals surface area contributed by atoms with Gasteiger partial charge in [0.05, 0.1) is 4.92 Å². The summed E-state index contributed by atoms with van der Waals surface area (Å²) in [5, 5.41) is 14.1. The molecule has 0 spiro atoms. The van der Waals surface area contributed by atoms with Crippen molar-refractivity contribution < 1.29 is 9.66 Å². The van der Waals surface area contributed by atoms with Crippen LogP contribution in [0.4, 0.5) is 11.4 Å². The van der Waals surface area contributed by atoms with Crippen molar-refractivity contribution in [2.24, 2.45) is 0 Å². The Morgan fingerprint density at radius 1 is 1.10 bits per heavy atom. The third-order valence-electron chi connectivity index (χ3n) is 3.21. The van der Waals surface area contributed by atoms with E-state index in [4.69, 9.17) is 4.74 Å². The topological polar surface area (TPSA) is 64.4 Å². The molecule has 5 heteroatoms. The van der Waals surface area contributed by atoms with Gasteiger partial charge < -0.3 is 10.1 Å². The lowest BCUT2D eigenvalue weighted by molar-refractivity contribution is -0.384. The summed E-state index contributed by atoms with van der Waals surface area (Å²) in [5.41, 5.74) is 1.39. The predicted octanol–water partition coefficient (Wildman–Crippen LogP) is 4.55. The molecule has 1 N–H and O–H groups in total. The normalized spacial score (nSPS) is 10.5. The molecule has 110 valence electrons. The minimum absolute atomic E-state index is 0.0569. The largest absolute Gasteiger partial charge is 0.450 e. The Bertz CT molecular complexity index is 654. The zero-order valence-electron chi connectivity index (χ0n) is 12.3. The van der Waals surface area contributed by atoms with E-state index in [0.717, 1.165) is 5.56 Å². The fourth-order valence-corrected chi connectivity index (χ4v) is 2.16. The van der Waals surface area contributed by atoms with Crippen LogP contribution in [0.2, 0.25) is 0 Å². The highest BCUT2D eigenvalue weighted by Crippen LogP contribution is 2.39. The van der Waals surface area contributed by atoms with Crippen LogP contribution in [-0.4, -0.2) is 12.0 Å². The fraction of sp³-hybridized carbons (Fsp3) is 0.250. The second-order valence-corrected chi connectivity index (χ2v) is 4.95. The maximum atomic E-state index is 11.3. The number of hydrogen-bond donors (Lipinski definition) is 1. The summed E-state index contributed by atoms with van der Waals surface area (Å²) in [4.78, 5) is 10.9. The van der Waals surface area contributed by atoms with Crippen molar-refractivity contribution in [1.82, 2.24) is 0 Å². The van der Waals surface area contributed by atoms with Crippen molar-refractivity contribution in [2.45, 2.75) is 19.8 Å². The second-order valence-electron chi connectivity index (χ2n) is 4.95. The van der Waals surface area contributed by atoms with Crippen LogP contribution in [0.25, 0.3) is 0 Å². The van der Waals surface area contributed by atoms with Gasteiger partial charge in [-0.05, 0) is 29.7 Å². The van der Waals surface area contributed by atoms with Gasteiger partial charge in [0, 0.05) is 7.05 Å². The summed E-state index contributed by atoms with van der Waals surface area (Å²) >= 11 is 0. The first kappa shape index (κ1) is 14.8. The van der Waals surface area contributed by atoms with Crippen LogP contribution in [-0.2, 0) is 0 Å². The van der Waals surface area contributed by atoms with Gasteiger partial charge in [0.15, 0.2) is 0 Å². The third kappa shape index (κ3) is 3.13. The van der Waals surface area contributed by atoms with Gasteiger partial charge in [0.2, 0.25) is 5.75 Å². The number of para-hydroxylation sites is 2. The summed E-state index contributed by atoms with van der Waals surface area (Å²) in [7, 11) is 1.65. The molecule has 21 heavy (non-hydrogen) atoms. The number of hydrogen-bond acceptors (Lipinski definition) is 4. The Kier molecular flexibility index (Phi) is 4.42. The van der Waals surface area contributed by atoms with E-state index >= 15 is 0 Å². The molecule has 0 atom stereocenters. The van der Waals surface area contributed by atoms with Gasteiger partial charge in [0.25, 0.3) is 0 Å². The van der Waals surface area contributed by atoms with Crippen LogP contribution < -0.4 is 10.1 Å². The van der Waals surface area contributed by atoms with Gasteiger partial charge in [-0.25, -0.2) is 0 Å². The smallest absolute Gasteiger partial charge is 0.334 e. The average Bonchev–Trinajstić information content (AvgIpc) is 2.47. The first-order chi connectivity index (χ1) is 10.0. The van der Waals surface area contributed by atoms with Crippen LogP contribution in [0.15, 0.2) is 42.5 Å². The van der Waals surface area contributed by atoms with Crippen molar-refractivity contribution in [1.29, 1.82) is 0 Å². The maximum Gasteiger partial charge on any atom is 0.334 e. The number of nitro benzene ring substituents is 1. The minimum atomic E-state index is -0.431. The summed E-state index contributed by atoms with van der Waals surface area (Å²) in [6, 6.07) is 12.6. The van der Waals surface area contributed by atoms with Gasteiger partial charge >= 0.3 is 5.69 Å². The molecule has 2 rings (SSSR count). The Morgan fingerprint density at radius 3 is 2.38 bits per heavy atom. The van der Waals surface area contributed by atoms with Crippen molar-refractivity contribution in [2.75, 3.05) is 12.4 Å². The van der Waals surface area contributed by atoms with Crippen molar-refractivity contribution in [3.05, 3.63) is 58.1 Å². The highest BCUT2D eigenvalue weighted by Gasteiger charge is 2.21. The quantitative estimate of drug-likeness (QED) is 0.646. The van der Waals surface area contributed by atoms with Crippen LogP contribution in [0.5, 0.6) is 11.5 Å². The van der Waals surface area contributed by atoms with Gasteiger partial charge in [-0.3, -0.25) is 10.1 Å². The summed E-state index contributed by atoms with van der Waals surface area (Å²) in [6.07, 6.45) is 0. The lowest BCUT2D eigenvalue weighted by atomic mass is 10.0. The van der Waals surface area contributed by atoms with Gasteiger partial charge in [-0.15, -0.1) is 0 Å². The first-order valence-electron chi connectivity index (χ1n) is 6.76. The number of benzene rings is 2. The summed E-state index contributed by atoms with van der Waals surface area (Å²) < 4.78 is 5.82. The first-order valence-corrected chi connectivity index (χ1v) is 6.76. The van der Waals surface area contributed by atoms with Gasteiger partial charge in [-0.2, -0.15) is 0 Å². The summed E-state index contributed by atoms with van der Waals surface area (Å²) in [6.45, 7) is 4.11. The Hall–Kier alpha value is -2.56. The van der Waals surface area contributed by atoms with E-state index in [1.807, 2.05) is 24.3 Å². The standard InChI is InChI=1S/C16H18N2O3/c1-11(2)12-7-4-5-9-14(12)21-15-10-6-8-13(17-3)16(15)18(19)20/h4-11,17H,1-3H3. The van der Waals surface area contributed by atoms with E-state index < -0.39 is 4.92 Å². The molecule has 0 aromatic heterocycles. The molecular formula is C16H18N2O3. The number of anilines is 1. The van der Waals surface area contributed by atoms with Crippen molar-refractivity contribution in [3.8, 4) is 11.5 Å². The predicted molar refractivity (Wildman–Crippen MR) is 83.2 cm³/mol. The minimum Gasteiger partial charge on any atom is -0.450 e. The van der Waals surface area contributed by atoms with Crippen LogP contribution in [0, 0.1) is 10.1 Å². The molecule has 0 bridgehead atoms. The molecule has 2 aromatic rings. The fourth-order valence-electron chi connectivity index (χ4n) is 2.16. The SMILES string of the molecule is CNc1cccc(Oc2ccccc2C(C)C)c1[N+](=O)[O-]. The molecule has 0 aliphatic heterocycles.